The molecule has 1 amide bonds. The first-order valence-corrected chi connectivity index (χ1v) is 12.8. The monoisotopic (exact) mass is 450 g/mol. The summed E-state index contributed by atoms with van der Waals surface area (Å²) in [5, 5.41) is 1.56. The van der Waals surface area contributed by atoms with Crippen LogP contribution in [0.5, 0.6) is 0 Å². The fourth-order valence-corrected chi connectivity index (χ4v) is 5.60. The number of nitrogens with zero attached hydrogens (tertiary/aromatic N) is 3. The number of amides is 1. The Balaban J connectivity index is 1.72. The molecule has 0 saturated carbocycles. The minimum absolute atomic E-state index is 0.155. The van der Waals surface area contributed by atoms with Crippen molar-refractivity contribution >= 4 is 45.0 Å². The molecule has 30 heavy (non-hydrogen) atoms. The Hall–Kier alpha value is -1.38. The van der Waals surface area contributed by atoms with Crippen LogP contribution >= 0.6 is 23.1 Å². The number of thioether (sulfide) groups is 1. The number of nitrogens with two attached hydrogens (primary N) is 1. The van der Waals surface area contributed by atoms with Crippen LogP contribution in [-0.4, -0.2) is 45.7 Å². The third-order valence-electron chi connectivity index (χ3n) is 5.56. The lowest BCUT2D eigenvalue weighted by atomic mass is 9.96. The van der Waals surface area contributed by atoms with Crippen molar-refractivity contribution in [2.45, 2.75) is 77.7 Å². The van der Waals surface area contributed by atoms with Crippen LogP contribution < -0.4 is 5.73 Å². The SMILES string of the molecule is CCCCN(CCCC)C(=O)CSc1nc(N)c2c3c(sc2n1)CO[C@@H](C(C)C)C3. The van der Waals surface area contributed by atoms with Crippen LogP contribution in [0, 0.1) is 5.92 Å². The zero-order chi connectivity index (χ0) is 21.7. The van der Waals surface area contributed by atoms with Gasteiger partial charge in [-0.15, -0.1) is 11.3 Å². The molecule has 2 N–H and O–H groups in total. The predicted molar refractivity (Wildman–Crippen MR) is 126 cm³/mol. The fourth-order valence-electron chi connectivity index (χ4n) is 3.66. The predicted octanol–water partition coefficient (Wildman–Crippen LogP) is 4.89. The number of hydrogen-bond acceptors (Lipinski definition) is 7. The molecule has 0 aliphatic carbocycles. The van der Waals surface area contributed by atoms with Gasteiger partial charge in [-0.05, 0) is 24.3 Å². The molecule has 1 aliphatic heterocycles. The summed E-state index contributed by atoms with van der Waals surface area (Å²) in [6, 6.07) is 0. The molecular weight excluding hydrogens is 416 g/mol. The number of carbonyl (C=O) groups excluding carboxylic acids is 1. The van der Waals surface area contributed by atoms with Gasteiger partial charge in [0.05, 0.1) is 23.8 Å². The van der Waals surface area contributed by atoms with E-state index in [9.17, 15) is 4.79 Å². The highest BCUT2D eigenvalue weighted by molar-refractivity contribution is 7.99. The lowest BCUT2D eigenvalue weighted by Crippen LogP contribution is -2.34. The number of ether oxygens (including phenoxy) is 1. The number of anilines is 1. The van der Waals surface area contributed by atoms with Crippen LogP contribution in [0.1, 0.15) is 63.8 Å². The lowest BCUT2D eigenvalue weighted by Gasteiger charge is -2.26. The van der Waals surface area contributed by atoms with Gasteiger partial charge >= 0.3 is 0 Å². The van der Waals surface area contributed by atoms with Crippen molar-refractivity contribution in [2.24, 2.45) is 5.92 Å². The third kappa shape index (κ3) is 5.45. The van der Waals surface area contributed by atoms with Crippen LogP contribution in [0.3, 0.4) is 0 Å². The zero-order valence-electron chi connectivity index (χ0n) is 18.6. The van der Waals surface area contributed by atoms with Gasteiger partial charge in [-0.1, -0.05) is 52.3 Å². The first-order valence-electron chi connectivity index (χ1n) is 11.0. The van der Waals surface area contributed by atoms with E-state index in [1.165, 1.54) is 22.2 Å². The van der Waals surface area contributed by atoms with Crippen LogP contribution in [-0.2, 0) is 22.6 Å². The van der Waals surface area contributed by atoms with Gasteiger partial charge in [0.15, 0.2) is 5.16 Å². The normalized spacial score (nSPS) is 16.2. The molecule has 0 saturated heterocycles. The first-order chi connectivity index (χ1) is 14.4. The number of nitrogen functional groups attached to an aromatic ring is 1. The molecule has 2 aromatic rings. The number of carbonyl (C=O) groups is 1. The number of aromatic nitrogens is 2. The largest absolute Gasteiger partial charge is 0.383 e. The molecule has 0 fully saturated rings. The van der Waals surface area contributed by atoms with Crippen molar-refractivity contribution in [1.82, 2.24) is 14.9 Å². The van der Waals surface area contributed by atoms with Crippen molar-refractivity contribution in [3.63, 3.8) is 0 Å². The van der Waals surface area contributed by atoms with E-state index in [2.05, 4.69) is 32.7 Å². The Bertz CT molecular complexity index is 860. The molecule has 6 nitrogen and oxygen atoms in total. The molecule has 0 radical (unpaired) electrons. The fraction of sp³-hybridized carbons (Fsp3) is 0.682. The van der Waals surface area contributed by atoms with Crippen molar-refractivity contribution in [1.29, 1.82) is 0 Å². The second-order valence-electron chi connectivity index (χ2n) is 8.25. The van der Waals surface area contributed by atoms with Crippen molar-refractivity contribution in [3.05, 3.63) is 10.4 Å². The standard InChI is InChI=1S/C22H34N4O2S2/c1-5-7-9-26(10-8-6-2)18(27)13-29-22-24-20(23)19-15-11-16(14(3)4)28-12-17(15)30-21(19)25-22/h14,16H,5-13H2,1-4H3,(H2,23,24,25)/t16-/m1/s1. The van der Waals surface area contributed by atoms with Gasteiger partial charge in [0.1, 0.15) is 10.6 Å². The highest BCUT2D eigenvalue weighted by atomic mass is 32.2. The Morgan fingerprint density at radius 1 is 1.27 bits per heavy atom. The minimum Gasteiger partial charge on any atom is -0.383 e. The number of hydrogen-bond donors (Lipinski definition) is 1. The molecule has 2 aromatic heterocycles. The van der Waals surface area contributed by atoms with E-state index in [1.807, 2.05) is 4.90 Å². The summed E-state index contributed by atoms with van der Waals surface area (Å²) in [4.78, 5) is 26.1. The third-order valence-corrected chi connectivity index (χ3v) is 7.49. The summed E-state index contributed by atoms with van der Waals surface area (Å²) in [5.74, 6) is 1.48. The maximum Gasteiger partial charge on any atom is 0.233 e. The lowest BCUT2D eigenvalue weighted by molar-refractivity contribution is -0.128. The highest BCUT2D eigenvalue weighted by Gasteiger charge is 2.27. The molecule has 1 aliphatic rings. The quantitative estimate of drug-likeness (QED) is 0.410. The van der Waals surface area contributed by atoms with Gasteiger partial charge in [0.25, 0.3) is 0 Å². The molecule has 0 spiro atoms. The molecule has 0 aromatic carbocycles. The Labute approximate surface area is 188 Å². The van der Waals surface area contributed by atoms with Crippen molar-refractivity contribution in [3.8, 4) is 0 Å². The van der Waals surface area contributed by atoms with E-state index in [4.69, 9.17) is 15.5 Å². The molecule has 8 heteroatoms. The highest BCUT2D eigenvalue weighted by Crippen LogP contribution is 2.39. The first kappa shape index (κ1) is 23.3. The van der Waals surface area contributed by atoms with E-state index in [0.717, 1.165) is 55.4 Å². The molecular formula is C22H34N4O2S2. The van der Waals surface area contributed by atoms with Crippen molar-refractivity contribution in [2.75, 3.05) is 24.6 Å². The van der Waals surface area contributed by atoms with Gasteiger partial charge in [0.2, 0.25) is 5.91 Å². The van der Waals surface area contributed by atoms with E-state index >= 15 is 0 Å². The van der Waals surface area contributed by atoms with E-state index < -0.39 is 0 Å². The molecule has 0 unspecified atom stereocenters. The van der Waals surface area contributed by atoms with E-state index in [-0.39, 0.29) is 12.0 Å². The summed E-state index contributed by atoms with van der Waals surface area (Å²) in [6.07, 6.45) is 5.31. The Kier molecular flexibility index (Phi) is 8.36. The van der Waals surface area contributed by atoms with Crippen LogP contribution in [0.2, 0.25) is 0 Å². The summed E-state index contributed by atoms with van der Waals surface area (Å²) in [7, 11) is 0. The average Bonchev–Trinajstić information content (AvgIpc) is 3.10. The maximum absolute atomic E-state index is 12.7. The molecule has 166 valence electrons. The Morgan fingerprint density at radius 3 is 2.60 bits per heavy atom. The van der Waals surface area contributed by atoms with Gasteiger partial charge < -0.3 is 15.4 Å². The zero-order valence-corrected chi connectivity index (χ0v) is 20.2. The van der Waals surface area contributed by atoms with Crippen LogP contribution in [0.4, 0.5) is 5.82 Å². The van der Waals surface area contributed by atoms with E-state index in [0.29, 0.717) is 29.3 Å². The van der Waals surface area contributed by atoms with Crippen LogP contribution in [0.15, 0.2) is 5.16 Å². The number of fused-ring (bicyclic) bond motifs is 3. The summed E-state index contributed by atoms with van der Waals surface area (Å²) in [5.41, 5.74) is 7.60. The molecule has 0 bridgehead atoms. The van der Waals surface area contributed by atoms with Crippen LogP contribution in [0.25, 0.3) is 10.2 Å². The van der Waals surface area contributed by atoms with Crippen molar-refractivity contribution < 1.29 is 9.53 Å². The van der Waals surface area contributed by atoms with E-state index in [1.54, 1.807) is 11.3 Å². The summed E-state index contributed by atoms with van der Waals surface area (Å²) >= 11 is 3.03. The number of unbranched alkanes of at least 4 members (excludes halogenated alkanes) is 2. The van der Waals surface area contributed by atoms with Gasteiger partial charge in [-0.2, -0.15) is 0 Å². The smallest absolute Gasteiger partial charge is 0.233 e. The second-order valence-corrected chi connectivity index (χ2v) is 10.3. The maximum atomic E-state index is 12.7. The molecule has 1 atom stereocenters. The molecule has 3 heterocycles. The van der Waals surface area contributed by atoms with Gasteiger partial charge in [0, 0.05) is 24.4 Å². The average molecular weight is 451 g/mol. The minimum atomic E-state index is 0.155. The summed E-state index contributed by atoms with van der Waals surface area (Å²) in [6.45, 7) is 10.9. The summed E-state index contributed by atoms with van der Waals surface area (Å²) < 4.78 is 6.00. The number of rotatable bonds is 10. The second kappa shape index (κ2) is 10.8. The van der Waals surface area contributed by atoms with Gasteiger partial charge in [-0.3, -0.25) is 4.79 Å². The number of thiophene rings is 1. The molecule has 3 rings (SSSR count). The topological polar surface area (TPSA) is 81.3 Å². The van der Waals surface area contributed by atoms with Gasteiger partial charge in [-0.25, -0.2) is 9.97 Å². The Morgan fingerprint density at radius 2 is 1.97 bits per heavy atom.